The predicted octanol–water partition coefficient (Wildman–Crippen LogP) is 1.38. The average Bonchev–Trinajstić information content (AvgIpc) is 3.67. The van der Waals surface area contributed by atoms with Gasteiger partial charge in [0, 0.05) is 37.3 Å². The van der Waals surface area contributed by atoms with Gasteiger partial charge in [0.25, 0.3) is 17.7 Å². The summed E-state index contributed by atoms with van der Waals surface area (Å²) in [6.07, 6.45) is 5.64. The Kier molecular flexibility index (Phi) is 11.3. The lowest BCUT2D eigenvalue weighted by Crippen LogP contribution is -2.60. The molecule has 0 bridgehead atoms. The van der Waals surface area contributed by atoms with Gasteiger partial charge < -0.3 is 26.2 Å². The summed E-state index contributed by atoms with van der Waals surface area (Å²) in [5.41, 5.74) is -0.00861. The zero-order chi connectivity index (χ0) is 34.6. The number of ketones is 1. The summed E-state index contributed by atoms with van der Waals surface area (Å²) in [7, 11) is 0. The number of amides is 5. The molecule has 15 heteroatoms. The zero-order valence-corrected chi connectivity index (χ0v) is 27.4. The molecule has 2 aliphatic carbocycles. The Hall–Kier alpha value is -4.04. The van der Waals surface area contributed by atoms with E-state index in [2.05, 4.69) is 31.2 Å². The minimum atomic E-state index is -3.12. The number of aromatic nitrogens is 2. The molecule has 4 N–H and O–H groups in total. The average molecular weight is 662 g/mol. The van der Waals surface area contributed by atoms with E-state index in [0.29, 0.717) is 6.42 Å². The topological polar surface area (TPSA) is 180 Å². The van der Waals surface area contributed by atoms with E-state index in [0.717, 1.165) is 17.7 Å². The normalized spacial score (nSPS) is 23.4. The van der Waals surface area contributed by atoms with Crippen LogP contribution in [0.5, 0.6) is 0 Å². The number of carbonyl (C=O) groups is 6. The molecule has 2 saturated carbocycles. The second kappa shape index (κ2) is 14.8. The van der Waals surface area contributed by atoms with Gasteiger partial charge >= 0.3 is 0 Å². The van der Waals surface area contributed by atoms with Gasteiger partial charge in [-0.1, -0.05) is 41.0 Å². The molecule has 5 amide bonds. The van der Waals surface area contributed by atoms with E-state index in [1.807, 2.05) is 0 Å². The molecule has 4 rings (SSSR count). The Balaban J connectivity index is 1.55. The molecular weight excluding hydrogens is 616 g/mol. The lowest BCUT2D eigenvalue weighted by Gasteiger charge is -2.34. The van der Waals surface area contributed by atoms with Crippen LogP contribution in [-0.4, -0.2) is 92.9 Å². The van der Waals surface area contributed by atoms with Crippen molar-refractivity contribution in [3.8, 4) is 0 Å². The number of likely N-dealkylation sites (tertiary alicyclic amines) is 1. The van der Waals surface area contributed by atoms with Crippen LogP contribution >= 0.6 is 0 Å². The maximum Gasteiger partial charge on any atom is 0.289 e. The first-order valence-electron chi connectivity index (χ1n) is 16.4. The summed E-state index contributed by atoms with van der Waals surface area (Å²) in [5, 5.41) is 10.5. The Morgan fingerprint density at radius 2 is 1.64 bits per heavy atom. The monoisotopic (exact) mass is 661 g/mol. The third-order valence-electron chi connectivity index (χ3n) is 9.17. The highest BCUT2D eigenvalue weighted by molar-refractivity contribution is 6.38. The lowest BCUT2D eigenvalue weighted by atomic mass is 9.91. The molecular formula is C32H45F2N7O6. The lowest BCUT2D eigenvalue weighted by molar-refractivity contribution is -0.145. The highest BCUT2D eigenvalue weighted by Crippen LogP contribution is 2.51. The van der Waals surface area contributed by atoms with Crippen molar-refractivity contribution in [3.63, 3.8) is 0 Å². The van der Waals surface area contributed by atoms with Gasteiger partial charge in [-0.15, -0.1) is 0 Å². The first kappa shape index (κ1) is 35.8. The fourth-order valence-corrected chi connectivity index (χ4v) is 6.38. The van der Waals surface area contributed by atoms with Gasteiger partial charge in [-0.25, -0.2) is 13.8 Å². The molecule has 1 saturated heterocycles. The van der Waals surface area contributed by atoms with Gasteiger partial charge in [0.2, 0.25) is 23.5 Å². The number of alkyl halides is 2. The molecule has 1 aromatic heterocycles. The van der Waals surface area contributed by atoms with E-state index in [-0.39, 0.29) is 24.6 Å². The molecule has 1 aromatic rings. The van der Waals surface area contributed by atoms with Crippen molar-refractivity contribution in [1.29, 1.82) is 0 Å². The second-order valence-electron chi connectivity index (χ2n) is 13.5. The second-order valence-corrected chi connectivity index (χ2v) is 13.5. The molecule has 0 spiro atoms. The Morgan fingerprint density at radius 3 is 2.21 bits per heavy atom. The van der Waals surface area contributed by atoms with E-state index in [4.69, 9.17) is 0 Å². The first-order chi connectivity index (χ1) is 22.2. The molecule has 0 unspecified atom stereocenters. The molecule has 1 aliphatic heterocycles. The maximum atomic E-state index is 15.0. The van der Waals surface area contributed by atoms with E-state index in [1.54, 1.807) is 34.6 Å². The van der Waals surface area contributed by atoms with Crippen molar-refractivity contribution < 1.29 is 37.5 Å². The van der Waals surface area contributed by atoms with Crippen LogP contribution in [0.2, 0.25) is 0 Å². The number of nitrogens with zero attached hydrogens (tertiary/aromatic N) is 3. The van der Waals surface area contributed by atoms with Crippen LogP contribution in [-0.2, 0) is 24.0 Å². The number of fused-ring (bicyclic) bond motifs is 1. The summed E-state index contributed by atoms with van der Waals surface area (Å²) in [6, 6.07) is -4.91. The molecule has 47 heavy (non-hydrogen) atoms. The van der Waals surface area contributed by atoms with E-state index >= 15 is 8.78 Å². The minimum absolute atomic E-state index is 0.00861. The van der Waals surface area contributed by atoms with Crippen LogP contribution < -0.4 is 21.3 Å². The van der Waals surface area contributed by atoms with E-state index < -0.39 is 102 Å². The molecule has 0 aromatic carbocycles. The highest BCUT2D eigenvalue weighted by Gasteiger charge is 2.61. The summed E-state index contributed by atoms with van der Waals surface area (Å²) in [4.78, 5) is 88.7. The predicted molar refractivity (Wildman–Crippen MR) is 165 cm³/mol. The van der Waals surface area contributed by atoms with Crippen LogP contribution in [0, 0.1) is 23.7 Å². The van der Waals surface area contributed by atoms with Crippen molar-refractivity contribution in [3.05, 3.63) is 24.3 Å². The van der Waals surface area contributed by atoms with Crippen LogP contribution in [0.1, 0.15) is 83.6 Å². The van der Waals surface area contributed by atoms with Crippen LogP contribution in [0.3, 0.4) is 0 Å². The zero-order valence-electron chi connectivity index (χ0n) is 27.4. The number of hydrogen-bond donors (Lipinski definition) is 4. The molecule has 258 valence electrons. The van der Waals surface area contributed by atoms with Crippen molar-refractivity contribution in [2.45, 2.75) is 109 Å². The maximum absolute atomic E-state index is 15.0. The molecule has 0 radical (unpaired) electrons. The fraction of sp³-hybridized carbons (Fsp3) is 0.688. The van der Waals surface area contributed by atoms with Crippen molar-refractivity contribution >= 4 is 35.3 Å². The van der Waals surface area contributed by atoms with Gasteiger partial charge in [0.05, 0.1) is 12.2 Å². The standard InChI is InChI=1S/C32H45F2N7O6/c1-6-7-21(26(42)30(46)37-18-8-9-18)38-29(45)25-19-10-11-32(33,34)20(19)15-41(25)31(47)24(17(4)5)40-28(44)23(16(2)3)39-27(43)22-14-35-12-13-36-22/h12-14,16-21,23-25H,6-11,15H2,1-5H3,(H,37,46)(H,38,45)(H,39,43)(H,40,44)/t19-,20-,21-,23-,24-,25-/m0/s1. The molecule has 6 atom stereocenters. The van der Waals surface area contributed by atoms with E-state index in [9.17, 15) is 28.8 Å². The van der Waals surface area contributed by atoms with Crippen molar-refractivity contribution in [1.82, 2.24) is 36.1 Å². The van der Waals surface area contributed by atoms with Crippen LogP contribution in [0.25, 0.3) is 0 Å². The smallest absolute Gasteiger partial charge is 0.289 e. The van der Waals surface area contributed by atoms with Crippen LogP contribution in [0.15, 0.2) is 18.6 Å². The van der Waals surface area contributed by atoms with Crippen molar-refractivity contribution in [2.75, 3.05) is 6.54 Å². The van der Waals surface area contributed by atoms with Crippen LogP contribution in [0.4, 0.5) is 8.78 Å². The number of carbonyl (C=O) groups excluding carboxylic acids is 6. The van der Waals surface area contributed by atoms with E-state index in [1.165, 1.54) is 18.6 Å². The third-order valence-corrected chi connectivity index (χ3v) is 9.17. The summed E-state index contributed by atoms with van der Waals surface area (Å²) < 4.78 is 30.1. The number of nitrogens with one attached hydrogen (secondary N) is 4. The summed E-state index contributed by atoms with van der Waals surface area (Å²) in [6.45, 7) is 8.10. The SMILES string of the molecule is CCC[C@H](NC(=O)[C@@H]1[C@H]2CCC(F)(F)[C@H]2CN1C(=O)[C@@H](NC(=O)[C@@H](NC(=O)c1cnccn1)C(C)C)C(C)C)C(=O)C(=O)NC1CC1. The number of halogens is 2. The number of rotatable bonds is 14. The largest absolute Gasteiger partial charge is 0.347 e. The first-order valence-corrected chi connectivity index (χ1v) is 16.4. The van der Waals surface area contributed by atoms with Gasteiger partial charge in [-0.05, 0) is 43.4 Å². The quantitative estimate of drug-likeness (QED) is 0.216. The van der Waals surface area contributed by atoms with Gasteiger partial charge in [-0.2, -0.15) is 0 Å². The molecule has 3 fully saturated rings. The number of hydrogen-bond acceptors (Lipinski definition) is 8. The fourth-order valence-electron chi connectivity index (χ4n) is 6.38. The Bertz CT molecular complexity index is 1360. The Labute approximate surface area is 272 Å². The van der Waals surface area contributed by atoms with Gasteiger partial charge in [0.15, 0.2) is 0 Å². The minimum Gasteiger partial charge on any atom is -0.347 e. The molecule has 3 aliphatic rings. The third kappa shape index (κ3) is 8.28. The molecule has 13 nitrogen and oxygen atoms in total. The molecule has 2 heterocycles. The summed E-state index contributed by atoms with van der Waals surface area (Å²) in [5.74, 6) is -10.7. The Morgan fingerprint density at radius 1 is 0.957 bits per heavy atom. The highest BCUT2D eigenvalue weighted by atomic mass is 19.3. The van der Waals surface area contributed by atoms with Crippen molar-refractivity contribution in [2.24, 2.45) is 23.7 Å². The summed E-state index contributed by atoms with van der Waals surface area (Å²) >= 11 is 0. The number of Topliss-reactive ketones (excluding diaryl/α,β-unsaturated/α-hetero) is 1. The van der Waals surface area contributed by atoms with Gasteiger partial charge in [-0.3, -0.25) is 33.8 Å². The van der Waals surface area contributed by atoms with Gasteiger partial charge in [0.1, 0.15) is 23.8 Å².